The molecule has 1 amide bonds. The van der Waals surface area contributed by atoms with Crippen LogP contribution in [0.25, 0.3) is 0 Å². The van der Waals surface area contributed by atoms with Gasteiger partial charge in [0.05, 0.1) is 5.69 Å². The van der Waals surface area contributed by atoms with Gasteiger partial charge in [0.25, 0.3) is 0 Å². The number of carbonyl (C=O) groups excluding carboxylic acids is 1. The Balaban J connectivity index is 1.97. The maximum Gasteiger partial charge on any atom is 0.231 e. The molecule has 0 aliphatic carbocycles. The fraction of sp³-hybridized carbons (Fsp3) is 0.333. The fourth-order valence-corrected chi connectivity index (χ4v) is 5.64. The van der Waals surface area contributed by atoms with Gasteiger partial charge in [0.1, 0.15) is 4.75 Å². The first-order valence-electron chi connectivity index (χ1n) is 12.2. The van der Waals surface area contributed by atoms with Crippen molar-refractivity contribution in [2.45, 2.75) is 32.4 Å². The number of thioether (sulfide) groups is 1. The Kier molecular flexibility index (Phi) is 6.93. The number of nitrogens with zero attached hydrogens (tertiary/aromatic N) is 3. The van der Waals surface area contributed by atoms with E-state index in [1.165, 1.54) is 5.56 Å². The zero-order valence-corrected chi connectivity index (χ0v) is 23.3. The third-order valence-corrected chi connectivity index (χ3v) is 7.87. The molecule has 36 heavy (non-hydrogen) atoms. The second kappa shape index (κ2) is 9.66. The van der Waals surface area contributed by atoms with Crippen LogP contribution < -0.4 is 15.1 Å². The number of carbonyl (C=O) groups is 1. The molecule has 0 spiro atoms. The molecule has 0 aromatic heterocycles. The van der Waals surface area contributed by atoms with Crippen LogP contribution in [0.3, 0.4) is 0 Å². The molecule has 3 aromatic carbocycles. The van der Waals surface area contributed by atoms with Gasteiger partial charge in [-0.15, -0.1) is 0 Å². The SMILES string of the molecule is Cc1ccc2c(c1)C(c1ccc(N(C)C)cc1)(c1ccc(N(C)C)cc1)SC(NC(=O)C(C)(C)C)=N2. The van der Waals surface area contributed by atoms with Crippen LogP contribution in [0.15, 0.2) is 71.7 Å². The summed E-state index contributed by atoms with van der Waals surface area (Å²) in [5, 5.41) is 3.74. The number of aryl methyl sites for hydroxylation is 1. The standard InChI is InChI=1S/C30H36N4OS/c1-20-9-18-26-25(19-20)30(21-10-14-23(15-11-21)33(5)6,22-12-16-24(17-13-22)34(7)8)36-28(31-26)32-27(35)29(2,3)4/h9-19H,1-8H3,(H,31,32,35). The van der Waals surface area contributed by atoms with E-state index in [0.29, 0.717) is 5.17 Å². The van der Waals surface area contributed by atoms with Crippen LogP contribution in [0.4, 0.5) is 17.1 Å². The van der Waals surface area contributed by atoms with Gasteiger partial charge in [-0.25, -0.2) is 4.99 Å². The van der Waals surface area contributed by atoms with Gasteiger partial charge in [0, 0.05) is 50.5 Å². The molecule has 0 saturated carbocycles. The summed E-state index contributed by atoms with van der Waals surface area (Å²) in [5.41, 5.74) is 7.19. The molecule has 188 valence electrons. The molecule has 1 N–H and O–H groups in total. The highest BCUT2D eigenvalue weighted by Crippen LogP contribution is 2.55. The minimum absolute atomic E-state index is 0.0517. The molecular weight excluding hydrogens is 464 g/mol. The zero-order valence-electron chi connectivity index (χ0n) is 22.5. The number of amides is 1. The minimum atomic E-state index is -0.584. The van der Waals surface area contributed by atoms with Crippen molar-refractivity contribution in [1.29, 1.82) is 0 Å². The molecular formula is C30H36N4OS. The summed E-state index contributed by atoms with van der Waals surface area (Å²) < 4.78 is -0.584. The van der Waals surface area contributed by atoms with Gasteiger partial charge in [-0.1, -0.05) is 74.5 Å². The smallest absolute Gasteiger partial charge is 0.231 e. The molecule has 6 heteroatoms. The number of benzene rings is 3. The first kappa shape index (κ1) is 25.8. The molecule has 3 aromatic rings. The van der Waals surface area contributed by atoms with Crippen molar-refractivity contribution in [3.63, 3.8) is 0 Å². The van der Waals surface area contributed by atoms with Crippen LogP contribution in [0.1, 0.15) is 43.0 Å². The Labute approximate surface area is 219 Å². The minimum Gasteiger partial charge on any atom is -0.378 e. The molecule has 1 aliphatic rings. The van der Waals surface area contributed by atoms with Gasteiger partial charge in [0.15, 0.2) is 5.17 Å². The molecule has 4 rings (SSSR count). The molecule has 1 heterocycles. The van der Waals surface area contributed by atoms with Crippen LogP contribution in [-0.4, -0.2) is 39.3 Å². The van der Waals surface area contributed by atoms with Crippen molar-refractivity contribution in [3.8, 4) is 0 Å². The Bertz CT molecular complexity index is 1230. The summed E-state index contributed by atoms with van der Waals surface area (Å²) >= 11 is 1.60. The monoisotopic (exact) mass is 500 g/mol. The van der Waals surface area contributed by atoms with Gasteiger partial charge in [0.2, 0.25) is 5.91 Å². The topological polar surface area (TPSA) is 47.9 Å². The van der Waals surface area contributed by atoms with E-state index in [1.807, 2.05) is 49.0 Å². The number of rotatable bonds is 4. The van der Waals surface area contributed by atoms with Crippen molar-refractivity contribution >= 4 is 39.9 Å². The second-order valence-electron chi connectivity index (χ2n) is 10.8. The number of hydrogen-bond acceptors (Lipinski definition) is 5. The van der Waals surface area contributed by atoms with Crippen molar-refractivity contribution in [2.75, 3.05) is 38.0 Å². The summed E-state index contributed by atoms with van der Waals surface area (Å²) in [5.74, 6) is -0.0517. The van der Waals surface area contributed by atoms with Gasteiger partial charge in [-0.3, -0.25) is 4.79 Å². The van der Waals surface area contributed by atoms with Crippen LogP contribution in [0.2, 0.25) is 0 Å². The van der Waals surface area contributed by atoms with Crippen molar-refractivity contribution in [2.24, 2.45) is 10.4 Å². The van der Waals surface area contributed by atoms with E-state index in [-0.39, 0.29) is 5.91 Å². The highest BCUT2D eigenvalue weighted by Gasteiger charge is 2.44. The average Bonchev–Trinajstić information content (AvgIpc) is 2.83. The van der Waals surface area contributed by atoms with Crippen LogP contribution in [0.5, 0.6) is 0 Å². The molecule has 5 nitrogen and oxygen atoms in total. The third-order valence-electron chi connectivity index (χ3n) is 6.49. The highest BCUT2D eigenvalue weighted by molar-refractivity contribution is 8.15. The lowest BCUT2D eigenvalue weighted by molar-refractivity contribution is -0.126. The summed E-state index contributed by atoms with van der Waals surface area (Å²) in [6.07, 6.45) is 0. The van der Waals surface area contributed by atoms with Crippen molar-refractivity contribution < 1.29 is 4.79 Å². The summed E-state index contributed by atoms with van der Waals surface area (Å²) in [6.45, 7) is 7.86. The van der Waals surface area contributed by atoms with E-state index in [9.17, 15) is 4.79 Å². The second-order valence-corrected chi connectivity index (χ2v) is 12.0. The highest BCUT2D eigenvalue weighted by atomic mass is 32.2. The van der Waals surface area contributed by atoms with Crippen LogP contribution in [0, 0.1) is 12.3 Å². The number of hydrogen-bond donors (Lipinski definition) is 1. The lowest BCUT2D eigenvalue weighted by atomic mass is 9.82. The van der Waals surface area contributed by atoms with E-state index in [2.05, 4.69) is 88.8 Å². The van der Waals surface area contributed by atoms with E-state index in [4.69, 9.17) is 4.99 Å². The zero-order chi connectivity index (χ0) is 26.3. The number of fused-ring (bicyclic) bond motifs is 1. The quantitative estimate of drug-likeness (QED) is 0.456. The number of anilines is 2. The van der Waals surface area contributed by atoms with Gasteiger partial charge < -0.3 is 15.1 Å². The predicted octanol–water partition coefficient (Wildman–Crippen LogP) is 6.32. The Hall–Kier alpha value is -3.25. The van der Waals surface area contributed by atoms with Crippen LogP contribution >= 0.6 is 11.8 Å². The van der Waals surface area contributed by atoms with Crippen molar-refractivity contribution in [1.82, 2.24) is 5.32 Å². The number of nitrogens with one attached hydrogen (secondary N) is 1. The van der Waals surface area contributed by atoms with Gasteiger partial charge >= 0.3 is 0 Å². The summed E-state index contributed by atoms with van der Waals surface area (Å²) in [7, 11) is 8.19. The van der Waals surface area contributed by atoms with Crippen LogP contribution in [-0.2, 0) is 9.54 Å². The summed E-state index contributed by atoms with van der Waals surface area (Å²) in [4.78, 5) is 22.1. The Morgan fingerprint density at radius 2 is 1.33 bits per heavy atom. The van der Waals surface area contributed by atoms with E-state index < -0.39 is 10.2 Å². The number of amidine groups is 1. The van der Waals surface area contributed by atoms with Gasteiger partial charge in [-0.2, -0.15) is 0 Å². The molecule has 1 aliphatic heterocycles. The molecule has 0 unspecified atom stereocenters. The molecule has 0 radical (unpaired) electrons. The normalized spacial score (nSPS) is 14.5. The first-order chi connectivity index (χ1) is 16.9. The largest absolute Gasteiger partial charge is 0.378 e. The fourth-order valence-electron chi connectivity index (χ4n) is 4.28. The Morgan fingerprint density at radius 1 is 0.833 bits per heavy atom. The van der Waals surface area contributed by atoms with E-state index in [1.54, 1.807) is 11.8 Å². The average molecular weight is 501 g/mol. The first-order valence-corrected chi connectivity index (χ1v) is 13.0. The maximum absolute atomic E-state index is 13.0. The maximum atomic E-state index is 13.0. The summed E-state index contributed by atoms with van der Waals surface area (Å²) in [6, 6.07) is 23.8. The van der Waals surface area contributed by atoms with Gasteiger partial charge in [-0.05, 0) is 48.4 Å². The molecule has 0 saturated heterocycles. The third kappa shape index (κ3) is 4.87. The molecule has 0 atom stereocenters. The predicted molar refractivity (Wildman–Crippen MR) is 155 cm³/mol. The lowest BCUT2D eigenvalue weighted by Crippen LogP contribution is -2.41. The molecule has 0 fully saturated rings. The van der Waals surface area contributed by atoms with Crippen molar-refractivity contribution in [3.05, 3.63) is 89.0 Å². The number of aliphatic imine (C=N–C) groups is 1. The van der Waals surface area contributed by atoms with E-state index >= 15 is 0 Å². The lowest BCUT2D eigenvalue weighted by Gasteiger charge is -2.39. The molecule has 0 bridgehead atoms. The Morgan fingerprint density at radius 3 is 1.78 bits per heavy atom. The van der Waals surface area contributed by atoms with E-state index in [0.717, 1.165) is 33.8 Å².